The van der Waals surface area contributed by atoms with Crippen molar-refractivity contribution in [1.29, 1.82) is 0 Å². The maximum absolute atomic E-state index is 12.2. The van der Waals surface area contributed by atoms with Crippen molar-refractivity contribution >= 4 is 45.6 Å². The van der Waals surface area contributed by atoms with E-state index < -0.39 is 0 Å². The average Bonchev–Trinajstić information content (AvgIpc) is 3.24. The lowest BCUT2D eigenvalue weighted by atomic mass is 10.2. The molecule has 0 spiro atoms. The first-order chi connectivity index (χ1) is 11.7. The minimum Gasteiger partial charge on any atom is -0.337 e. The highest BCUT2D eigenvalue weighted by Gasteiger charge is 2.10. The van der Waals surface area contributed by atoms with Crippen LogP contribution in [-0.4, -0.2) is 20.9 Å². The number of benzene rings is 1. The fraction of sp³-hybridized carbons (Fsp3) is 0. The molecule has 0 aliphatic rings. The molecule has 0 atom stereocenters. The molecule has 0 saturated heterocycles. The number of H-pyrrole nitrogens is 1. The normalized spacial score (nSPS) is 10.9. The summed E-state index contributed by atoms with van der Waals surface area (Å²) in [7, 11) is 0. The van der Waals surface area contributed by atoms with Gasteiger partial charge in [-0.3, -0.25) is 4.79 Å². The third-order valence-electron chi connectivity index (χ3n) is 3.48. The molecular formula is C17H11ClN4OS. The van der Waals surface area contributed by atoms with E-state index >= 15 is 0 Å². The van der Waals surface area contributed by atoms with Crippen molar-refractivity contribution in [2.45, 2.75) is 0 Å². The summed E-state index contributed by atoms with van der Waals surface area (Å²) < 4.78 is 0. The maximum atomic E-state index is 12.2. The van der Waals surface area contributed by atoms with Gasteiger partial charge in [0.05, 0.1) is 21.5 Å². The molecule has 4 rings (SSSR count). The average molecular weight is 355 g/mol. The summed E-state index contributed by atoms with van der Waals surface area (Å²) in [5.74, 6) is 0.585. The molecule has 0 saturated carbocycles. The van der Waals surface area contributed by atoms with Gasteiger partial charge >= 0.3 is 0 Å². The van der Waals surface area contributed by atoms with Crippen LogP contribution < -0.4 is 5.32 Å². The summed E-state index contributed by atoms with van der Waals surface area (Å²) in [6.45, 7) is 0. The number of fused-ring (bicyclic) bond motifs is 1. The van der Waals surface area contributed by atoms with E-state index in [2.05, 4.69) is 20.3 Å². The lowest BCUT2D eigenvalue weighted by Crippen LogP contribution is -2.11. The topological polar surface area (TPSA) is 70.7 Å². The summed E-state index contributed by atoms with van der Waals surface area (Å²) in [4.78, 5) is 25.1. The van der Waals surface area contributed by atoms with Crippen LogP contribution in [0.1, 0.15) is 10.4 Å². The molecule has 1 aromatic carbocycles. The fourth-order valence-corrected chi connectivity index (χ4v) is 3.11. The van der Waals surface area contributed by atoms with E-state index in [1.54, 1.807) is 23.5 Å². The Balaban J connectivity index is 1.60. The Morgan fingerprint density at radius 1 is 1.21 bits per heavy atom. The van der Waals surface area contributed by atoms with Gasteiger partial charge in [0.1, 0.15) is 11.0 Å². The van der Waals surface area contributed by atoms with E-state index in [1.807, 2.05) is 35.7 Å². The summed E-state index contributed by atoms with van der Waals surface area (Å²) in [6, 6.07) is 12.8. The van der Waals surface area contributed by atoms with Crippen LogP contribution in [0.2, 0.25) is 5.15 Å². The maximum Gasteiger partial charge on any atom is 0.257 e. The number of amides is 1. The van der Waals surface area contributed by atoms with Gasteiger partial charge in [-0.2, -0.15) is 0 Å². The van der Waals surface area contributed by atoms with E-state index in [0.717, 1.165) is 21.7 Å². The van der Waals surface area contributed by atoms with Crippen molar-refractivity contribution in [2.75, 3.05) is 5.32 Å². The first kappa shape index (κ1) is 14.9. The van der Waals surface area contributed by atoms with Gasteiger partial charge in [0.2, 0.25) is 0 Å². The van der Waals surface area contributed by atoms with Gasteiger partial charge in [0.15, 0.2) is 0 Å². The SMILES string of the molecule is O=C(Nc1ccc2nc(-c3cccs3)[nH]c2c1)c1ccc(Cl)nc1. The number of pyridine rings is 1. The lowest BCUT2D eigenvalue weighted by molar-refractivity contribution is 0.102. The Labute approximate surface area is 146 Å². The van der Waals surface area contributed by atoms with E-state index in [0.29, 0.717) is 16.4 Å². The zero-order valence-corrected chi connectivity index (χ0v) is 13.9. The summed E-state index contributed by atoms with van der Waals surface area (Å²) in [5.41, 5.74) is 2.85. The van der Waals surface area contributed by atoms with Crippen LogP contribution in [0.15, 0.2) is 54.0 Å². The van der Waals surface area contributed by atoms with E-state index in [1.165, 1.54) is 6.20 Å². The number of carbonyl (C=O) groups is 1. The zero-order valence-electron chi connectivity index (χ0n) is 12.3. The van der Waals surface area contributed by atoms with Crippen molar-refractivity contribution in [2.24, 2.45) is 0 Å². The van der Waals surface area contributed by atoms with Crippen molar-refractivity contribution < 1.29 is 4.79 Å². The van der Waals surface area contributed by atoms with Crippen LogP contribution in [0.25, 0.3) is 21.7 Å². The minimum atomic E-state index is -0.239. The second-order valence-electron chi connectivity index (χ2n) is 5.12. The van der Waals surface area contributed by atoms with Crippen LogP contribution in [-0.2, 0) is 0 Å². The van der Waals surface area contributed by atoms with Gasteiger partial charge in [-0.05, 0) is 41.8 Å². The summed E-state index contributed by atoms with van der Waals surface area (Å²) in [5, 5.41) is 5.21. The predicted molar refractivity (Wildman–Crippen MR) is 96.6 cm³/mol. The van der Waals surface area contributed by atoms with Crippen molar-refractivity contribution in [3.05, 3.63) is 64.8 Å². The van der Waals surface area contributed by atoms with Gasteiger partial charge in [-0.1, -0.05) is 17.7 Å². The Hall–Kier alpha value is -2.70. The highest BCUT2D eigenvalue weighted by Crippen LogP contribution is 2.26. The Morgan fingerprint density at radius 3 is 2.88 bits per heavy atom. The number of anilines is 1. The lowest BCUT2D eigenvalue weighted by Gasteiger charge is -2.04. The number of aromatic amines is 1. The van der Waals surface area contributed by atoms with Gasteiger partial charge in [-0.25, -0.2) is 9.97 Å². The number of thiophene rings is 1. The Kier molecular flexibility index (Phi) is 3.76. The number of imidazole rings is 1. The van der Waals surface area contributed by atoms with Gasteiger partial charge in [0, 0.05) is 11.9 Å². The number of hydrogen-bond acceptors (Lipinski definition) is 4. The van der Waals surface area contributed by atoms with Crippen molar-refractivity contribution in [1.82, 2.24) is 15.0 Å². The summed E-state index contributed by atoms with van der Waals surface area (Å²) >= 11 is 7.36. The molecule has 24 heavy (non-hydrogen) atoms. The highest BCUT2D eigenvalue weighted by atomic mass is 35.5. The standard InChI is InChI=1S/C17H11ClN4OS/c18-15-6-3-10(9-19-15)17(23)20-11-4-5-12-13(8-11)22-16(21-12)14-2-1-7-24-14/h1-9H,(H,20,23)(H,21,22). The third-order valence-corrected chi connectivity index (χ3v) is 4.58. The molecule has 0 aliphatic heterocycles. The summed E-state index contributed by atoms with van der Waals surface area (Å²) in [6.07, 6.45) is 1.45. The molecule has 0 radical (unpaired) electrons. The van der Waals surface area contributed by atoms with Crippen LogP contribution in [0.5, 0.6) is 0 Å². The molecule has 0 fully saturated rings. The fourth-order valence-electron chi connectivity index (χ4n) is 2.33. The van der Waals surface area contributed by atoms with Crippen LogP contribution in [0, 0.1) is 0 Å². The molecule has 1 amide bonds. The quantitative estimate of drug-likeness (QED) is 0.528. The molecule has 0 bridgehead atoms. The second kappa shape index (κ2) is 6.07. The number of carbonyl (C=O) groups excluding carboxylic acids is 1. The molecule has 7 heteroatoms. The van der Waals surface area contributed by atoms with Gasteiger partial charge in [0.25, 0.3) is 5.91 Å². The molecule has 0 unspecified atom stereocenters. The number of rotatable bonds is 3. The molecule has 3 aromatic heterocycles. The number of nitrogens with zero attached hydrogens (tertiary/aromatic N) is 2. The molecule has 118 valence electrons. The van der Waals surface area contributed by atoms with E-state index in [-0.39, 0.29) is 5.91 Å². The monoisotopic (exact) mass is 354 g/mol. The van der Waals surface area contributed by atoms with Crippen LogP contribution >= 0.6 is 22.9 Å². The largest absolute Gasteiger partial charge is 0.337 e. The molecule has 2 N–H and O–H groups in total. The van der Waals surface area contributed by atoms with Crippen molar-refractivity contribution in [3.63, 3.8) is 0 Å². The second-order valence-corrected chi connectivity index (χ2v) is 6.45. The smallest absolute Gasteiger partial charge is 0.257 e. The first-order valence-corrected chi connectivity index (χ1v) is 8.41. The van der Waals surface area contributed by atoms with E-state index in [4.69, 9.17) is 11.6 Å². The van der Waals surface area contributed by atoms with E-state index in [9.17, 15) is 4.79 Å². The van der Waals surface area contributed by atoms with Gasteiger partial charge < -0.3 is 10.3 Å². The minimum absolute atomic E-state index is 0.239. The highest BCUT2D eigenvalue weighted by molar-refractivity contribution is 7.13. The van der Waals surface area contributed by atoms with Crippen LogP contribution in [0.3, 0.4) is 0 Å². The molecule has 3 heterocycles. The molecule has 5 nitrogen and oxygen atoms in total. The number of nitrogens with one attached hydrogen (secondary N) is 2. The molecule has 0 aliphatic carbocycles. The van der Waals surface area contributed by atoms with Crippen molar-refractivity contribution in [3.8, 4) is 10.7 Å². The first-order valence-electron chi connectivity index (χ1n) is 7.15. The number of aromatic nitrogens is 3. The molecular weight excluding hydrogens is 344 g/mol. The predicted octanol–water partition coefficient (Wildman–Crippen LogP) is 4.59. The Morgan fingerprint density at radius 2 is 2.12 bits per heavy atom. The van der Waals surface area contributed by atoms with Crippen LogP contribution in [0.4, 0.5) is 5.69 Å². The number of halogens is 1. The number of hydrogen-bond donors (Lipinski definition) is 2. The zero-order chi connectivity index (χ0) is 16.5. The third kappa shape index (κ3) is 2.89. The Bertz CT molecular complexity index is 1010. The van der Waals surface area contributed by atoms with Gasteiger partial charge in [-0.15, -0.1) is 11.3 Å². The molecule has 4 aromatic rings.